The normalized spacial score (nSPS) is 20.3. The molecule has 5 nitrogen and oxygen atoms in total. The van der Waals surface area contributed by atoms with Crippen LogP contribution in [0.3, 0.4) is 0 Å². The number of aliphatic imine (C=N–C) groups is 1. The van der Waals surface area contributed by atoms with Crippen LogP contribution in [0.25, 0.3) is 0 Å². The number of guanidine groups is 1. The Bertz CT molecular complexity index is 773. The zero-order chi connectivity index (χ0) is 21.2. The van der Waals surface area contributed by atoms with Crippen LogP contribution < -0.4 is 10.6 Å². The van der Waals surface area contributed by atoms with Gasteiger partial charge in [0.05, 0.1) is 5.01 Å². The maximum Gasteiger partial charge on any atom is 0.191 e. The molecular formula is C24H37N5S. The Morgan fingerprint density at radius 2 is 2.10 bits per heavy atom. The van der Waals surface area contributed by atoms with Crippen molar-refractivity contribution in [1.82, 2.24) is 20.5 Å². The molecule has 2 heterocycles. The van der Waals surface area contributed by atoms with E-state index in [-0.39, 0.29) is 0 Å². The van der Waals surface area contributed by atoms with E-state index >= 15 is 0 Å². The number of rotatable bonds is 9. The van der Waals surface area contributed by atoms with Gasteiger partial charge in [0.15, 0.2) is 5.96 Å². The number of aromatic nitrogens is 1. The van der Waals surface area contributed by atoms with E-state index in [1.54, 1.807) is 11.3 Å². The molecule has 1 fully saturated rings. The highest BCUT2D eigenvalue weighted by Gasteiger charge is 2.25. The van der Waals surface area contributed by atoms with Crippen LogP contribution in [-0.4, -0.2) is 47.6 Å². The van der Waals surface area contributed by atoms with Gasteiger partial charge in [0, 0.05) is 49.3 Å². The Kier molecular flexibility index (Phi) is 9.15. The Hall–Kier alpha value is -1.92. The summed E-state index contributed by atoms with van der Waals surface area (Å²) in [6, 6.07) is 11.9. The standard InChI is InChI=1S/C24H37N5S/c1-4-25-24(26-14-9-8-12-23-27-19(2)18-30-23)28-22-13-15-29(20(3)16-22)17-21-10-6-5-7-11-21/h5-7,10-11,18,20,22H,4,8-9,12-17H2,1-3H3,(H2,25,26,28). The molecule has 0 bridgehead atoms. The van der Waals surface area contributed by atoms with Crippen molar-refractivity contribution < 1.29 is 0 Å². The number of nitrogens with one attached hydrogen (secondary N) is 2. The average molecular weight is 428 g/mol. The Morgan fingerprint density at radius 3 is 2.80 bits per heavy atom. The fraction of sp³-hybridized carbons (Fsp3) is 0.583. The van der Waals surface area contributed by atoms with Gasteiger partial charge in [-0.1, -0.05) is 30.3 Å². The minimum absolute atomic E-state index is 0.489. The van der Waals surface area contributed by atoms with Gasteiger partial charge in [-0.15, -0.1) is 11.3 Å². The fourth-order valence-electron chi connectivity index (χ4n) is 4.01. The summed E-state index contributed by atoms with van der Waals surface area (Å²) in [5, 5.41) is 10.5. The van der Waals surface area contributed by atoms with Crippen LogP contribution >= 0.6 is 11.3 Å². The molecule has 6 heteroatoms. The molecule has 0 spiro atoms. The number of benzene rings is 1. The van der Waals surface area contributed by atoms with Gasteiger partial charge in [-0.2, -0.15) is 0 Å². The number of aryl methyl sites for hydroxylation is 2. The van der Waals surface area contributed by atoms with Gasteiger partial charge in [-0.3, -0.25) is 9.89 Å². The Morgan fingerprint density at radius 1 is 1.27 bits per heavy atom. The third kappa shape index (κ3) is 7.40. The first-order valence-electron chi connectivity index (χ1n) is 11.4. The zero-order valence-corrected chi connectivity index (χ0v) is 19.5. The molecule has 2 aromatic rings. The first kappa shape index (κ1) is 22.8. The van der Waals surface area contributed by atoms with Crippen LogP contribution in [-0.2, 0) is 13.0 Å². The maximum absolute atomic E-state index is 4.82. The van der Waals surface area contributed by atoms with E-state index in [0.717, 1.165) is 69.9 Å². The maximum atomic E-state index is 4.82. The molecule has 30 heavy (non-hydrogen) atoms. The molecule has 2 unspecified atom stereocenters. The monoisotopic (exact) mass is 427 g/mol. The molecule has 1 aromatic carbocycles. The third-order valence-corrected chi connectivity index (χ3v) is 6.69. The second-order valence-corrected chi connectivity index (χ2v) is 9.21. The van der Waals surface area contributed by atoms with Crippen LogP contribution in [0.5, 0.6) is 0 Å². The van der Waals surface area contributed by atoms with Crippen molar-refractivity contribution in [2.24, 2.45) is 4.99 Å². The molecule has 1 saturated heterocycles. The molecule has 1 aliphatic rings. The summed E-state index contributed by atoms with van der Waals surface area (Å²) in [7, 11) is 0. The molecule has 0 amide bonds. The molecular weight excluding hydrogens is 390 g/mol. The second kappa shape index (κ2) is 12.1. The number of hydrogen-bond donors (Lipinski definition) is 2. The van der Waals surface area contributed by atoms with E-state index in [4.69, 9.17) is 4.99 Å². The van der Waals surface area contributed by atoms with Crippen molar-refractivity contribution in [3.63, 3.8) is 0 Å². The van der Waals surface area contributed by atoms with Crippen LogP contribution in [0.15, 0.2) is 40.7 Å². The van der Waals surface area contributed by atoms with Gasteiger partial charge >= 0.3 is 0 Å². The molecule has 0 radical (unpaired) electrons. The molecule has 1 aliphatic heterocycles. The number of hydrogen-bond acceptors (Lipinski definition) is 4. The number of piperidine rings is 1. The summed E-state index contributed by atoms with van der Waals surface area (Å²) in [6.45, 7) is 10.5. The van der Waals surface area contributed by atoms with Crippen molar-refractivity contribution in [3.05, 3.63) is 52.0 Å². The molecule has 0 saturated carbocycles. The van der Waals surface area contributed by atoms with E-state index in [2.05, 4.69) is 77.0 Å². The van der Waals surface area contributed by atoms with Gasteiger partial charge in [0.1, 0.15) is 0 Å². The molecule has 2 atom stereocenters. The highest BCUT2D eigenvalue weighted by Crippen LogP contribution is 2.20. The van der Waals surface area contributed by atoms with Crippen molar-refractivity contribution in [2.75, 3.05) is 19.6 Å². The fourth-order valence-corrected chi connectivity index (χ4v) is 4.83. The zero-order valence-electron chi connectivity index (χ0n) is 18.7. The molecule has 164 valence electrons. The number of likely N-dealkylation sites (tertiary alicyclic amines) is 1. The largest absolute Gasteiger partial charge is 0.357 e. The summed E-state index contributed by atoms with van der Waals surface area (Å²) in [6.07, 6.45) is 5.62. The summed E-state index contributed by atoms with van der Waals surface area (Å²) >= 11 is 1.77. The molecule has 2 N–H and O–H groups in total. The first-order chi connectivity index (χ1) is 14.6. The number of nitrogens with zero attached hydrogens (tertiary/aromatic N) is 3. The van der Waals surface area contributed by atoms with Crippen LogP contribution in [0, 0.1) is 6.92 Å². The SMILES string of the molecule is CCNC(=NCCCCc1nc(C)cs1)NC1CCN(Cc2ccccc2)C(C)C1. The van der Waals surface area contributed by atoms with Gasteiger partial charge in [0.2, 0.25) is 0 Å². The second-order valence-electron chi connectivity index (χ2n) is 8.27. The number of unbranched alkanes of at least 4 members (excludes halogenated alkanes) is 1. The highest BCUT2D eigenvalue weighted by atomic mass is 32.1. The predicted octanol–water partition coefficient (Wildman–Crippen LogP) is 4.38. The minimum atomic E-state index is 0.489. The van der Waals surface area contributed by atoms with E-state index in [0.29, 0.717) is 12.1 Å². The lowest BCUT2D eigenvalue weighted by molar-refractivity contribution is 0.134. The summed E-state index contributed by atoms with van der Waals surface area (Å²) < 4.78 is 0. The third-order valence-electron chi connectivity index (χ3n) is 5.66. The van der Waals surface area contributed by atoms with Crippen molar-refractivity contribution >= 4 is 17.3 Å². The molecule has 1 aromatic heterocycles. The molecule has 0 aliphatic carbocycles. The number of thiazole rings is 1. The van der Waals surface area contributed by atoms with E-state index < -0.39 is 0 Å². The molecule has 3 rings (SSSR count). The summed E-state index contributed by atoms with van der Waals surface area (Å²) in [5.41, 5.74) is 2.54. The van der Waals surface area contributed by atoms with Crippen LogP contribution in [0.2, 0.25) is 0 Å². The van der Waals surface area contributed by atoms with Gasteiger partial charge in [0.25, 0.3) is 0 Å². The Balaban J connectivity index is 1.41. The van der Waals surface area contributed by atoms with Crippen molar-refractivity contribution in [2.45, 2.75) is 71.5 Å². The van der Waals surface area contributed by atoms with Crippen LogP contribution in [0.4, 0.5) is 0 Å². The van der Waals surface area contributed by atoms with Gasteiger partial charge in [-0.05, 0) is 58.4 Å². The van der Waals surface area contributed by atoms with Gasteiger partial charge in [-0.25, -0.2) is 4.98 Å². The van der Waals surface area contributed by atoms with E-state index in [1.807, 2.05) is 0 Å². The lowest BCUT2D eigenvalue weighted by atomic mass is 9.97. The van der Waals surface area contributed by atoms with E-state index in [9.17, 15) is 0 Å². The summed E-state index contributed by atoms with van der Waals surface area (Å²) in [5.74, 6) is 0.969. The van der Waals surface area contributed by atoms with E-state index in [1.165, 1.54) is 10.6 Å². The van der Waals surface area contributed by atoms with Crippen molar-refractivity contribution in [3.8, 4) is 0 Å². The van der Waals surface area contributed by atoms with Gasteiger partial charge < -0.3 is 10.6 Å². The average Bonchev–Trinajstić information content (AvgIpc) is 3.16. The Labute approximate surface area is 186 Å². The lowest BCUT2D eigenvalue weighted by Gasteiger charge is -2.38. The topological polar surface area (TPSA) is 52.6 Å². The minimum Gasteiger partial charge on any atom is -0.357 e. The smallest absolute Gasteiger partial charge is 0.191 e. The predicted molar refractivity (Wildman–Crippen MR) is 128 cm³/mol. The van der Waals surface area contributed by atoms with Crippen molar-refractivity contribution in [1.29, 1.82) is 0 Å². The highest BCUT2D eigenvalue weighted by molar-refractivity contribution is 7.09. The van der Waals surface area contributed by atoms with Crippen LogP contribution in [0.1, 0.15) is 55.8 Å². The lowest BCUT2D eigenvalue weighted by Crippen LogP contribution is -2.51. The first-order valence-corrected chi connectivity index (χ1v) is 12.3. The quantitative estimate of drug-likeness (QED) is 0.354. The summed E-state index contributed by atoms with van der Waals surface area (Å²) in [4.78, 5) is 12.0.